The lowest BCUT2D eigenvalue weighted by atomic mass is 10.1. The van der Waals surface area contributed by atoms with Gasteiger partial charge in [0.05, 0.1) is 5.69 Å². The molecule has 1 aromatic heterocycles. The van der Waals surface area contributed by atoms with Crippen LogP contribution in [-0.2, 0) is 0 Å². The number of anilines is 2. The SMILES string of the molecule is CC(F)(F)F.Cc1ccc(-c2ccnc(Nc3ccc(C(N)=O)cc3)n2)cc1. The largest absolute Gasteiger partial charge is 0.386 e. The van der Waals surface area contributed by atoms with E-state index < -0.39 is 12.1 Å². The Balaban J connectivity index is 0.000000500. The van der Waals surface area contributed by atoms with Gasteiger partial charge < -0.3 is 11.1 Å². The van der Waals surface area contributed by atoms with Crippen molar-refractivity contribution < 1.29 is 18.0 Å². The van der Waals surface area contributed by atoms with Crippen molar-refractivity contribution in [1.29, 1.82) is 0 Å². The normalized spacial score (nSPS) is 10.6. The number of nitrogens with two attached hydrogens (primary N) is 1. The van der Waals surface area contributed by atoms with Gasteiger partial charge >= 0.3 is 6.18 Å². The zero-order valence-corrected chi connectivity index (χ0v) is 15.3. The molecule has 0 bridgehead atoms. The summed E-state index contributed by atoms with van der Waals surface area (Å²) in [7, 11) is 0. The van der Waals surface area contributed by atoms with E-state index in [4.69, 9.17) is 5.73 Å². The predicted molar refractivity (Wildman–Crippen MR) is 102 cm³/mol. The molecule has 0 unspecified atom stereocenters. The van der Waals surface area contributed by atoms with Gasteiger partial charge in [-0.1, -0.05) is 29.8 Å². The number of hydrogen-bond donors (Lipinski definition) is 2. The van der Waals surface area contributed by atoms with Crippen LogP contribution in [-0.4, -0.2) is 22.1 Å². The van der Waals surface area contributed by atoms with Gasteiger partial charge in [-0.2, -0.15) is 13.2 Å². The van der Waals surface area contributed by atoms with Crippen LogP contribution in [0.25, 0.3) is 11.3 Å². The Morgan fingerprint density at radius 3 is 2.11 bits per heavy atom. The first-order valence-corrected chi connectivity index (χ1v) is 8.25. The van der Waals surface area contributed by atoms with Crippen LogP contribution in [0.3, 0.4) is 0 Å². The number of carbonyl (C=O) groups excluding carboxylic acids is 1. The summed E-state index contributed by atoms with van der Waals surface area (Å²) in [4.78, 5) is 19.8. The highest BCUT2D eigenvalue weighted by molar-refractivity contribution is 5.93. The van der Waals surface area contributed by atoms with Crippen LogP contribution >= 0.6 is 0 Å². The molecule has 1 heterocycles. The third-order valence-corrected chi connectivity index (χ3v) is 3.43. The fourth-order valence-electron chi connectivity index (χ4n) is 2.15. The maximum atomic E-state index is 11.1. The van der Waals surface area contributed by atoms with Crippen molar-refractivity contribution in [1.82, 2.24) is 9.97 Å². The summed E-state index contributed by atoms with van der Waals surface area (Å²) in [5.74, 6) is 0.0454. The number of benzene rings is 2. The molecule has 0 fully saturated rings. The number of hydrogen-bond acceptors (Lipinski definition) is 4. The number of alkyl halides is 3. The molecule has 0 atom stereocenters. The van der Waals surface area contributed by atoms with Crippen molar-refractivity contribution in [2.75, 3.05) is 5.32 Å². The third kappa shape index (κ3) is 7.06. The maximum Gasteiger partial charge on any atom is 0.386 e. The molecular formula is C20H19F3N4O. The second kappa shape index (κ2) is 8.98. The van der Waals surface area contributed by atoms with Crippen molar-refractivity contribution in [3.8, 4) is 11.3 Å². The number of carbonyl (C=O) groups is 1. The lowest BCUT2D eigenvalue weighted by molar-refractivity contribution is -0.110. The fourth-order valence-corrected chi connectivity index (χ4v) is 2.15. The number of nitrogens with one attached hydrogen (secondary N) is 1. The van der Waals surface area contributed by atoms with E-state index in [1.807, 2.05) is 37.3 Å². The molecule has 5 nitrogen and oxygen atoms in total. The Labute approximate surface area is 160 Å². The van der Waals surface area contributed by atoms with Gasteiger partial charge in [-0.15, -0.1) is 0 Å². The van der Waals surface area contributed by atoms with E-state index in [1.165, 1.54) is 5.56 Å². The number of primary amides is 1. The highest BCUT2D eigenvalue weighted by Crippen LogP contribution is 2.20. The zero-order chi connectivity index (χ0) is 20.7. The molecule has 0 radical (unpaired) electrons. The summed E-state index contributed by atoms with van der Waals surface area (Å²) < 4.78 is 31.1. The number of aromatic nitrogens is 2. The van der Waals surface area contributed by atoms with Gasteiger partial charge in [0.1, 0.15) is 0 Å². The summed E-state index contributed by atoms with van der Waals surface area (Å²) in [6, 6.07) is 16.9. The molecule has 8 heteroatoms. The average Bonchev–Trinajstić information content (AvgIpc) is 2.62. The molecule has 1 amide bonds. The molecule has 28 heavy (non-hydrogen) atoms. The molecule has 0 aliphatic rings. The van der Waals surface area contributed by atoms with Gasteiger partial charge in [-0.05, 0) is 37.3 Å². The van der Waals surface area contributed by atoms with E-state index in [2.05, 4.69) is 15.3 Å². The van der Waals surface area contributed by atoms with Gasteiger partial charge in [0.2, 0.25) is 11.9 Å². The zero-order valence-electron chi connectivity index (χ0n) is 15.3. The monoisotopic (exact) mass is 388 g/mol. The summed E-state index contributed by atoms with van der Waals surface area (Å²) >= 11 is 0. The van der Waals surface area contributed by atoms with Crippen LogP contribution in [0, 0.1) is 6.92 Å². The number of aryl methyl sites for hydroxylation is 1. The Hall–Kier alpha value is -3.42. The Morgan fingerprint density at radius 1 is 1.00 bits per heavy atom. The first kappa shape index (κ1) is 20.9. The van der Waals surface area contributed by atoms with Gasteiger partial charge in [0.15, 0.2) is 0 Å². The quantitative estimate of drug-likeness (QED) is 0.669. The Bertz CT molecular complexity index is 917. The first-order valence-electron chi connectivity index (χ1n) is 8.25. The summed E-state index contributed by atoms with van der Waals surface area (Å²) in [6.45, 7) is 2.24. The van der Waals surface area contributed by atoms with Crippen LogP contribution in [0.2, 0.25) is 0 Å². The topological polar surface area (TPSA) is 80.9 Å². The van der Waals surface area contributed by atoms with Crippen LogP contribution in [0.5, 0.6) is 0 Å². The Kier molecular flexibility index (Phi) is 6.70. The lowest BCUT2D eigenvalue weighted by Crippen LogP contribution is -2.10. The van der Waals surface area contributed by atoms with Crippen molar-refractivity contribution in [2.24, 2.45) is 5.73 Å². The first-order chi connectivity index (χ1) is 13.1. The maximum absolute atomic E-state index is 11.1. The summed E-state index contributed by atoms with van der Waals surface area (Å²) in [6.07, 6.45) is -2.29. The smallest absolute Gasteiger partial charge is 0.366 e. The van der Waals surface area contributed by atoms with E-state index in [0.717, 1.165) is 16.9 Å². The molecule has 2 aromatic carbocycles. The molecule has 0 saturated heterocycles. The third-order valence-electron chi connectivity index (χ3n) is 3.43. The molecule has 3 rings (SSSR count). The molecule has 0 aliphatic carbocycles. The highest BCUT2D eigenvalue weighted by atomic mass is 19.4. The van der Waals surface area contributed by atoms with Crippen LogP contribution in [0.4, 0.5) is 24.8 Å². The van der Waals surface area contributed by atoms with Crippen LogP contribution in [0.15, 0.2) is 60.8 Å². The van der Waals surface area contributed by atoms with Crippen molar-refractivity contribution >= 4 is 17.5 Å². The summed E-state index contributed by atoms with van der Waals surface area (Å²) in [5, 5.41) is 3.12. The van der Waals surface area contributed by atoms with E-state index in [9.17, 15) is 18.0 Å². The predicted octanol–water partition coefficient (Wildman–Crippen LogP) is 4.86. The molecule has 146 valence electrons. The minimum absolute atomic E-state index is 0.188. The van der Waals surface area contributed by atoms with Gasteiger partial charge in [-0.3, -0.25) is 4.79 Å². The second-order valence-corrected chi connectivity index (χ2v) is 5.98. The second-order valence-electron chi connectivity index (χ2n) is 5.98. The van der Waals surface area contributed by atoms with Crippen molar-refractivity contribution in [2.45, 2.75) is 20.0 Å². The Morgan fingerprint density at radius 2 is 1.57 bits per heavy atom. The molecule has 3 aromatic rings. The van der Waals surface area contributed by atoms with Gasteiger partial charge in [0, 0.05) is 29.9 Å². The van der Waals surface area contributed by atoms with E-state index in [1.54, 1.807) is 30.5 Å². The molecular weight excluding hydrogens is 369 g/mol. The highest BCUT2D eigenvalue weighted by Gasteiger charge is 2.15. The average molecular weight is 388 g/mol. The summed E-state index contributed by atoms with van der Waals surface area (Å²) in [5.41, 5.74) is 9.56. The molecule has 0 spiro atoms. The number of halogens is 3. The standard InChI is InChI=1S/C18H16N4O.C2H3F3/c1-12-2-4-13(5-3-12)16-10-11-20-18(22-16)21-15-8-6-14(7-9-15)17(19)23;1-2(3,4)5/h2-11H,1H3,(H2,19,23)(H,20,21,22);1H3. The van der Waals surface area contributed by atoms with Gasteiger partial charge in [-0.25, -0.2) is 9.97 Å². The van der Waals surface area contributed by atoms with Crippen LogP contribution < -0.4 is 11.1 Å². The van der Waals surface area contributed by atoms with Crippen LogP contribution in [0.1, 0.15) is 22.8 Å². The van der Waals surface area contributed by atoms with E-state index >= 15 is 0 Å². The molecule has 0 aliphatic heterocycles. The number of nitrogens with zero attached hydrogens (tertiary/aromatic N) is 2. The minimum Gasteiger partial charge on any atom is -0.366 e. The molecule has 3 N–H and O–H groups in total. The van der Waals surface area contributed by atoms with Crippen molar-refractivity contribution in [3.05, 3.63) is 71.9 Å². The van der Waals surface area contributed by atoms with Gasteiger partial charge in [0.25, 0.3) is 0 Å². The fraction of sp³-hybridized carbons (Fsp3) is 0.150. The van der Waals surface area contributed by atoms with E-state index in [0.29, 0.717) is 11.5 Å². The van der Waals surface area contributed by atoms with E-state index in [-0.39, 0.29) is 6.92 Å². The molecule has 0 saturated carbocycles. The minimum atomic E-state index is -4.00. The number of rotatable bonds is 4. The lowest BCUT2D eigenvalue weighted by Gasteiger charge is -2.07. The number of amides is 1. The van der Waals surface area contributed by atoms with Crippen molar-refractivity contribution in [3.63, 3.8) is 0 Å².